The molecule has 0 aliphatic carbocycles. The molecule has 0 fully saturated rings. The number of thiophene rings is 1. The van der Waals surface area contributed by atoms with E-state index in [2.05, 4.69) is 10.5 Å². The van der Waals surface area contributed by atoms with Gasteiger partial charge in [0.25, 0.3) is 5.91 Å². The van der Waals surface area contributed by atoms with E-state index in [0.717, 1.165) is 16.3 Å². The summed E-state index contributed by atoms with van der Waals surface area (Å²) in [4.78, 5) is 12.9. The molecule has 18 heavy (non-hydrogen) atoms. The Hall–Kier alpha value is -1.37. The number of aryl methyl sites for hydroxylation is 1. The molecule has 0 saturated carbocycles. The van der Waals surface area contributed by atoms with Crippen molar-refractivity contribution in [1.29, 1.82) is 0 Å². The number of aromatic nitrogens is 2. The fourth-order valence-electron chi connectivity index (χ4n) is 1.63. The van der Waals surface area contributed by atoms with Gasteiger partial charge in [0.05, 0.1) is 27.8 Å². The zero-order chi connectivity index (χ0) is 13.3. The highest BCUT2D eigenvalue weighted by Gasteiger charge is 2.12. The molecule has 0 aliphatic rings. The maximum absolute atomic E-state index is 11.3. The van der Waals surface area contributed by atoms with Crippen molar-refractivity contribution in [2.75, 3.05) is 0 Å². The molecular formula is C11H13ClN4OS. The number of nitrogens with one attached hydrogen (secondary N) is 1. The molecule has 2 rings (SSSR count). The fourth-order valence-corrected chi connectivity index (χ4v) is 2.66. The van der Waals surface area contributed by atoms with Gasteiger partial charge in [-0.3, -0.25) is 14.9 Å². The van der Waals surface area contributed by atoms with Gasteiger partial charge in [-0.05, 0) is 26.0 Å². The number of hydrogen-bond donors (Lipinski definition) is 2. The summed E-state index contributed by atoms with van der Waals surface area (Å²) in [6.45, 7) is 4.39. The maximum atomic E-state index is 11.3. The molecule has 2 aromatic rings. The minimum atomic E-state index is -0.280. The zero-order valence-corrected chi connectivity index (χ0v) is 11.6. The largest absolute Gasteiger partial charge is 0.289 e. The molecule has 0 atom stereocenters. The van der Waals surface area contributed by atoms with Crippen molar-refractivity contribution >= 4 is 28.8 Å². The van der Waals surface area contributed by atoms with E-state index in [0.29, 0.717) is 16.4 Å². The van der Waals surface area contributed by atoms with Crippen LogP contribution in [-0.4, -0.2) is 15.7 Å². The van der Waals surface area contributed by atoms with Crippen molar-refractivity contribution in [1.82, 2.24) is 15.2 Å². The topological polar surface area (TPSA) is 72.9 Å². The van der Waals surface area contributed by atoms with Gasteiger partial charge in [-0.1, -0.05) is 11.6 Å². The van der Waals surface area contributed by atoms with E-state index >= 15 is 0 Å². The Morgan fingerprint density at radius 3 is 2.83 bits per heavy atom. The summed E-state index contributed by atoms with van der Waals surface area (Å²) >= 11 is 7.47. The Morgan fingerprint density at radius 2 is 2.28 bits per heavy atom. The molecule has 7 heteroatoms. The van der Waals surface area contributed by atoms with Crippen molar-refractivity contribution in [2.24, 2.45) is 5.84 Å². The second-order valence-corrected chi connectivity index (χ2v) is 5.43. The van der Waals surface area contributed by atoms with Crippen LogP contribution in [0, 0.1) is 13.8 Å². The Labute approximate surface area is 114 Å². The van der Waals surface area contributed by atoms with Gasteiger partial charge in [0, 0.05) is 4.88 Å². The highest BCUT2D eigenvalue weighted by atomic mass is 35.5. The van der Waals surface area contributed by atoms with Crippen molar-refractivity contribution in [3.05, 3.63) is 38.3 Å². The number of carbonyl (C=O) groups excluding carboxylic acids is 1. The van der Waals surface area contributed by atoms with Crippen LogP contribution in [0.2, 0.25) is 5.02 Å². The van der Waals surface area contributed by atoms with Crippen LogP contribution in [0.4, 0.5) is 0 Å². The predicted molar refractivity (Wildman–Crippen MR) is 71.8 cm³/mol. The van der Waals surface area contributed by atoms with Crippen molar-refractivity contribution in [2.45, 2.75) is 20.4 Å². The number of nitrogens with zero attached hydrogens (tertiary/aromatic N) is 2. The summed E-state index contributed by atoms with van der Waals surface area (Å²) in [5, 5.41) is 5.03. The molecule has 0 aromatic carbocycles. The van der Waals surface area contributed by atoms with Crippen LogP contribution in [0.5, 0.6) is 0 Å². The Morgan fingerprint density at radius 1 is 1.56 bits per heavy atom. The third-order valence-corrected chi connectivity index (χ3v) is 4.23. The number of carbonyl (C=O) groups is 1. The molecule has 96 valence electrons. The van der Waals surface area contributed by atoms with E-state index in [4.69, 9.17) is 17.4 Å². The highest BCUT2D eigenvalue weighted by molar-refractivity contribution is 7.14. The highest BCUT2D eigenvalue weighted by Crippen LogP contribution is 2.22. The monoisotopic (exact) mass is 284 g/mol. The third kappa shape index (κ3) is 2.40. The van der Waals surface area contributed by atoms with Crippen LogP contribution in [-0.2, 0) is 6.54 Å². The van der Waals surface area contributed by atoms with E-state index in [-0.39, 0.29) is 5.91 Å². The van der Waals surface area contributed by atoms with E-state index < -0.39 is 0 Å². The van der Waals surface area contributed by atoms with Gasteiger partial charge in [0.2, 0.25) is 0 Å². The van der Waals surface area contributed by atoms with E-state index in [1.807, 2.05) is 24.6 Å². The number of nitrogens with two attached hydrogens (primary N) is 1. The van der Waals surface area contributed by atoms with Crippen LogP contribution in [0.15, 0.2) is 12.1 Å². The number of hydrazine groups is 1. The fraction of sp³-hybridized carbons (Fsp3) is 0.273. The summed E-state index contributed by atoms with van der Waals surface area (Å²) in [7, 11) is 0. The normalized spacial score (nSPS) is 10.7. The van der Waals surface area contributed by atoms with Crippen LogP contribution >= 0.6 is 22.9 Å². The van der Waals surface area contributed by atoms with Crippen LogP contribution in [0.3, 0.4) is 0 Å². The van der Waals surface area contributed by atoms with Gasteiger partial charge in [0.1, 0.15) is 0 Å². The SMILES string of the molecule is Cc1nn(Cc2ccc(C(=O)NN)s2)c(C)c1Cl. The van der Waals surface area contributed by atoms with Gasteiger partial charge in [-0.25, -0.2) is 5.84 Å². The lowest BCUT2D eigenvalue weighted by Crippen LogP contribution is -2.29. The van der Waals surface area contributed by atoms with Crippen molar-refractivity contribution < 1.29 is 4.79 Å². The molecule has 2 heterocycles. The summed E-state index contributed by atoms with van der Waals surface area (Å²) in [6.07, 6.45) is 0. The number of hydrogen-bond acceptors (Lipinski definition) is 4. The minimum Gasteiger partial charge on any atom is -0.289 e. The zero-order valence-electron chi connectivity index (χ0n) is 10.0. The molecule has 0 saturated heterocycles. The molecular weight excluding hydrogens is 272 g/mol. The van der Waals surface area contributed by atoms with Gasteiger partial charge in [0.15, 0.2) is 0 Å². The van der Waals surface area contributed by atoms with E-state index in [1.54, 1.807) is 6.07 Å². The van der Waals surface area contributed by atoms with E-state index in [9.17, 15) is 4.79 Å². The van der Waals surface area contributed by atoms with E-state index in [1.165, 1.54) is 11.3 Å². The lowest BCUT2D eigenvalue weighted by molar-refractivity contribution is 0.0957. The predicted octanol–water partition coefficient (Wildman–Crippen LogP) is 1.87. The second kappa shape index (κ2) is 5.09. The van der Waals surface area contributed by atoms with Gasteiger partial charge >= 0.3 is 0 Å². The average Bonchev–Trinajstić information content (AvgIpc) is 2.91. The molecule has 0 unspecified atom stereocenters. The van der Waals surface area contributed by atoms with Gasteiger partial charge in [-0.2, -0.15) is 5.10 Å². The summed E-state index contributed by atoms with van der Waals surface area (Å²) < 4.78 is 1.83. The van der Waals surface area contributed by atoms with Gasteiger partial charge < -0.3 is 0 Å². The molecule has 0 radical (unpaired) electrons. The number of nitrogen functional groups attached to an aromatic ring is 1. The molecule has 0 bridgehead atoms. The Kier molecular flexibility index (Phi) is 3.70. The maximum Gasteiger partial charge on any atom is 0.275 e. The quantitative estimate of drug-likeness (QED) is 0.513. The number of halogens is 1. The molecule has 2 aromatic heterocycles. The summed E-state index contributed by atoms with van der Waals surface area (Å²) in [5.74, 6) is 4.81. The lowest BCUT2D eigenvalue weighted by atomic mass is 10.4. The van der Waals surface area contributed by atoms with Crippen LogP contribution < -0.4 is 11.3 Å². The first-order valence-electron chi connectivity index (χ1n) is 5.32. The van der Waals surface area contributed by atoms with Crippen molar-refractivity contribution in [3.8, 4) is 0 Å². The van der Waals surface area contributed by atoms with Crippen LogP contribution in [0.1, 0.15) is 25.9 Å². The minimum absolute atomic E-state index is 0.280. The molecule has 0 spiro atoms. The number of amides is 1. The Bertz CT molecular complexity index is 590. The molecule has 0 aliphatic heterocycles. The van der Waals surface area contributed by atoms with Gasteiger partial charge in [-0.15, -0.1) is 11.3 Å². The molecule has 3 N–H and O–H groups in total. The standard InChI is InChI=1S/C11H13ClN4OS/c1-6-10(12)7(2)16(15-6)5-8-3-4-9(18-8)11(17)14-13/h3-4H,5,13H2,1-2H3,(H,14,17). The lowest BCUT2D eigenvalue weighted by Gasteiger charge is -2.01. The van der Waals surface area contributed by atoms with Crippen molar-refractivity contribution in [3.63, 3.8) is 0 Å². The first-order valence-corrected chi connectivity index (χ1v) is 6.51. The Balaban J connectivity index is 2.21. The first-order chi connectivity index (χ1) is 8.52. The molecule has 1 amide bonds. The second-order valence-electron chi connectivity index (χ2n) is 3.88. The first kappa shape index (κ1) is 13.1. The average molecular weight is 285 g/mol. The number of rotatable bonds is 3. The smallest absolute Gasteiger partial charge is 0.275 e. The molecule has 5 nitrogen and oxygen atoms in total. The third-order valence-electron chi connectivity index (χ3n) is 2.62. The summed E-state index contributed by atoms with van der Waals surface area (Å²) in [5.41, 5.74) is 3.85. The summed E-state index contributed by atoms with van der Waals surface area (Å²) in [6, 6.07) is 3.63. The van der Waals surface area contributed by atoms with Crippen LogP contribution in [0.25, 0.3) is 0 Å².